The average molecular weight is 539 g/mol. The van der Waals surface area contributed by atoms with Crippen LogP contribution in [-0.2, 0) is 11.1 Å². The molecule has 0 amide bonds. The van der Waals surface area contributed by atoms with Gasteiger partial charge in [0.15, 0.2) is 0 Å². The molecular formula is C35H34N6. The van der Waals surface area contributed by atoms with Crippen molar-refractivity contribution in [2.24, 2.45) is 30.0 Å². The molecule has 0 aliphatic heterocycles. The minimum absolute atomic E-state index is 0.532. The van der Waals surface area contributed by atoms with Crippen LogP contribution in [0, 0.1) is 13.8 Å². The molecule has 204 valence electrons. The molecule has 6 heteroatoms. The van der Waals surface area contributed by atoms with Crippen molar-refractivity contribution in [1.29, 1.82) is 0 Å². The van der Waals surface area contributed by atoms with Crippen molar-refractivity contribution in [3.05, 3.63) is 119 Å². The van der Waals surface area contributed by atoms with Gasteiger partial charge in [0.25, 0.3) is 0 Å². The Morgan fingerprint density at radius 2 is 0.854 bits per heavy atom. The van der Waals surface area contributed by atoms with Gasteiger partial charge in [-0.15, -0.1) is 0 Å². The van der Waals surface area contributed by atoms with Crippen LogP contribution in [0.5, 0.6) is 0 Å². The molecule has 4 rings (SSSR count). The summed E-state index contributed by atoms with van der Waals surface area (Å²) in [5.74, 6) is 0. The predicted octanol–water partition coefficient (Wildman–Crippen LogP) is 9.92. The molecule has 0 bridgehead atoms. The van der Waals surface area contributed by atoms with Crippen LogP contribution in [-0.4, -0.2) is 18.0 Å². The molecule has 0 radical (unpaired) electrons. The molecule has 41 heavy (non-hydrogen) atoms. The van der Waals surface area contributed by atoms with Gasteiger partial charge in [-0.1, -0.05) is 60.7 Å². The van der Waals surface area contributed by atoms with Crippen molar-refractivity contribution in [3.63, 3.8) is 0 Å². The van der Waals surface area contributed by atoms with Gasteiger partial charge in [0.2, 0.25) is 0 Å². The van der Waals surface area contributed by atoms with Gasteiger partial charge in [0, 0.05) is 0 Å². The van der Waals surface area contributed by atoms with E-state index in [1.807, 2.05) is 126 Å². The van der Waals surface area contributed by atoms with Crippen molar-refractivity contribution >= 4 is 40.8 Å². The maximum atomic E-state index is 4.68. The lowest BCUT2D eigenvalue weighted by Crippen LogP contribution is -2.13. The fraction of sp³-hybridized carbons (Fsp3) is 0.229. The maximum Gasteiger partial charge on any atom is 0.100 e. The molecule has 0 aromatic heterocycles. The van der Waals surface area contributed by atoms with Gasteiger partial charge in [-0.2, -0.15) is 20.0 Å². The smallest absolute Gasteiger partial charge is 0.100 e. The standard InChI is InChI=1S/C35H34N6/c1-26-17-19-28(21-32(26)38-23-36-30-13-9-7-10-14-30)35(5,6)41-25-39-33-22-29(20-18-27(33)2)34(3,4)40-24-37-31-15-11-8-12-16-31/h7-22H,1-6H3. The van der Waals surface area contributed by atoms with Crippen molar-refractivity contribution in [1.82, 2.24) is 0 Å². The Bertz CT molecular complexity index is 1700. The molecule has 0 atom stereocenters. The van der Waals surface area contributed by atoms with E-state index < -0.39 is 11.1 Å². The number of hydrogen-bond acceptors (Lipinski definition) is 6. The molecule has 0 aliphatic rings. The molecule has 6 nitrogen and oxygen atoms in total. The highest BCUT2D eigenvalue weighted by atomic mass is 14.9. The SMILES string of the molecule is Cc1ccc(C(C)(C)N=C=Nc2ccccc2)cc1N=C=NC(C)(C)c1ccc(C)c(N=C=Nc2ccccc2)c1. The summed E-state index contributed by atoms with van der Waals surface area (Å²) < 4.78 is 0. The molecule has 0 heterocycles. The Hall–Kier alpha value is -4.98. The maximum absolute atomic E-state index is 4.68. The first-order chi connectivity index (χ1) is 19.6. The summed E-state index contributed by atoms with van der Waals surface area (Å²) in [6, 6.07) is 40.1. The van der Waals surface area contributed by atoms with Gasteiger partial charge < -0.3 is 0 Å². The first-order valence-corrected chi connectivity index (χ1v) is 13.5. The van der Waals surface area contributed by atoms with Crippen LogP contribution in [0.3, 0.4) is 0 Å². The van der Waals surface area contributed by atoms with Gasteiger partial charge in [0.05, 0.1) is 45.8 Å². The number of hydrogen-bond donors (Lipinski definition) is 0. The van der Waals surface area contributed by atoms with E-state index in [4.69, 9.17) is 0 Å². The first kappa shape index (κ1) is 29.0. The second-order valence-electron chi connectivity index (χ2n) is 10.8. The zero-order valence-corrected chi connectivity index (χ0v) is 24.4. The summed E-state index contributed by atoms with van der Waals surface area (Å²) in [5, 5.41) is 0. The van der Waals surface area contributed by atoms with E-state index in [9.17, 15) is 0 Å². The molecule has 0 saturated carbocycles. The molecule has 4 aromatic rings. The van der Waals surface area contributed by atoms with Crippen molar-refractivity contribution in [2.45, 2.75) is 52.6 Å². The van der Waals surface area contributed by atoms with E-state index >= 15 is 0 Å². The van der Waals surface area contributed by atoms with Crippen LogP contribution in [0.4, 0.5) is 22.7 Å². The fourth-order valence-electron chi connectivity index (χ4n) is 3.90. The van der Waals surface area contributed by atoms with Crippen molar-refractivity contribution < 1.29 is 0 Å². The second-order valence-corrected chi connectivity index (χ2v) is 10.8. The summed E-state index contributed by atoms with van der Waals surface area (Å²) in [6.07, 6.45) is 0. The van der Waals surface area contributed by atoms with E-state index in [0.717, 1.165) is 45.0 Å². The third-order valence-electron chi connectivity index (χ3n) is 6.70. The van der Waals surface area contributed by atoms with E-state index in [1.165, 1.54) is 0 Å². The zero-order valence-electron chi connectivity index (χ0n) is 24.4. The van der Waals surface area contributed by atoms with E-state index in [0.29, 0.717) is 0 Å². The Kier molecular flexibility index (Phi) is 9.14. The highest BCUT2D eigenvalue weighted by molar-refractivity contribution is 5.62. The molecular weight excluding hydrogens is 504 g/mol. The molecule has 0 fully saturated rings. The average Bonchev–Trinajstić information content (AvgIpc) is 2.96. The number of rotatable bonds is 8. The monoisotopic (exact) mass is 538 g/mol. The van der Waals surface area contributed by atoms with Crippen LogP contribution < -0.4 is 0 Å². The third-order valence-corrected chi connectivity index (χ3v) is 6.70. The summed E-state index contributed by atoms with van der Waals surface area (Å²) in [6.45, 7) is 12.1. The fourth-order valence-corrected chi connectivity index (χ4v) is 3.90. The number of nitrogens with zero attached hydrogens (tertiary/aromatic N) is 6. The van der Waals surface area contributed by atoms with E-state index in [-0.39, 0.29) is 0 Å². The van der Waals surface area contributed by atoms with E-state index in [1.54, 1.807) is 0 Å². The summed E-state index contributed by atoms with van der Waals surface area (Å²) >= 11 is 0. The Balaban J connectivity index is 1.56. The number of benzene rings is 4. The lowest BCUT2D eigenvalue weighted by atomic mass is 9.93. The minimum atomic E-state index is -0.568. The van der Waals surface area contributed by atoms with Gasteiger partial charge in [0.1, 0.15) is 6.01 Å². The first-order valence-electron chi connectivity index (χ1n) is 13.5. The normalized spacial score (nSPS) is 10.9. The lowest BCUT2D eigenvalue weighted by Gasteiger charge is -2.19. The number of aryl methyl sites for hydroxylation is 2. The Morgan fingerprint density at radius 1 is 0.463 bits per heavy atom. The third kappa shape index (κ3) is 8.02. The Labute approximate surface area is 242 Å². The molecule has 0 saturated heterocycles. The minimum Gasteiger partial charge on any atom is -0.214 e. The second kappa shape index (κ2) is 12.9. The summed E-state index contributed by atoms with van der Waals surface area (Å²) in [7, 11) is 0. The van der Waals surface area contributed by atoms with Gasteiger partial charge in [-0.05, 0) is 100 Å². The molecule has 0 N–H and O–H groups in total. The predicted molar refractivity (Wildman–Crippen MR) is 170 cm³/mol. The largest absolute Gasteiger partial charge is 0.214 e. The summed E-state index contributed by atoms with van der Waals surface area (Å²) in [4.78, 5) is 26.9. The van der Waals surface area contributed by atoms with Crippen LogP contribution in [0.15, 0.2) is 127 Å². The van der Waals surface area contributed by atoms with E-state index in [2.05, 4.69) is 60.1 Å². The highest BCUT2D eigenvalue weighted by Gasteiger charge is 2.21. The highest BCUT2D eigenvalue weighted by Crippen LogP contribution is 2.31. The number of aliphatic imine (C=N–C) groups is 6. The van der Waals surface area contributed by atoms with Crippen LogP contribution >= 0.6 is 0 Å². The topological polar surface area (TPSA) is 74.2 Å². The Morgan fingerprint density at radius 3 is 1.32 bits per heavy atom. The van der Waals surface area contributed by atoms with Crippen LogP contribution in [0.25, 0.3) is 0 Å². The van der Waals surface area contributed by atoms with Gasteiger partial charge >= 0.3 is 0 Å². The van der Waals surface area contributed by atoms with Crippen LogP contribution in [0.2, 0.25) is 0 Å². The molecule has 0 unspecified atom stereocenters. The van der Waals surface area contributed by atoms with Crippen molar-refractivity contribution in [2.75, 3.05) is 0 Å². The lowest BCUT2D eigenvalue weighted by molar-refractivity contribution is 0.560. The van der Waals surface area contributed by atoms with Crippen molar-refractivity contribution in [3.8, 4) is 0 Å². The quantitative estimate of drug-likeness (QED) is 0.200. The van der Waals surface area contributed by atoms with Gasteiger partial charge in [-0.3, -0.25) is 0 Å². The zero-order chi connectivity index (χ0) is 29.3. The summed E-state index contributed by atoms with van der Waals surface area (Å²) in [5.41, 5.74) is 6.15. The molecule has 4 aromatic carbocycles. The van der Waals surface area contributed by atoms with Crippen LogP contribution in [0.1, 0.15) is 49.9 Å². The molecule has 0 spiro atoms. The van der Waals surface area contributed by atoms with Gasteiger partial charge in [-0.25, -0.2) is 9.98 Å². The number of para-hydroxylation sites is 2. The molecule has 0 aliphatic carbocycles.